The lowest BCUT2D eigenvalue weighted by Gasteiger charge is -1.96. The van der Waals surface area contributed by atoms with Gasteiger partial charge in [0.25, 0.3) is 0 Å². The molecule has 1 rings (SSSR count). The molecule has 0 saturated carbocycles. The minimum absolute atomic E-state index is 1.00. The molecule has 0 N–H and O–H groups in total. The molecule has 0 aromatic carbocycles. The van der Waals surface area contributed by atoms with Crippen molar-refractivity contribution >= 4 is 31.9 Å². The monoisotopic (exact) mass is 249 g/mol. The Balaban J connectivity index is 3.25. The number of hydrogen-bond donors (Lipinski definition) is 0. The molecule has 0 saturated heterocycles. The van der Waals surface area contributed by atoms with Gasteiger partial charge in [-0.3, -0.25) is 4.98 Å². The van der Waals surface area contributed by atoms with Gasteiger partial charge < -0.3 is 0 Å². The largest absolute Gasteiger partial charge is 0.263 e. The average Bonchev–Trinajstić information content (AvgIpc) is 1.83. The Morgan fingerprint density at radius 2 is 2.00 bits per heavy atom. The number of nitrogens with zero attached hydrogens (tertiary/aromatic N) is 1. The van der Waals surface area contributed by atoms with Crippen LogP contribution in [0, 0.1) is 6.92 Å². The van der Waals surface area contributed by atoms with Crippen LogP contribution >= 0.6 is 31.9 Å². The van der Waals surface area contributed by atoms with Crippen molar-refractivity contribution < 1.29 is 0 Å². The van der Waals surface area contributed by atoms with Crippen molar-refractivity contribution in [2.45, 2.75) is 6.92 Å². The van der Waals surface area contributed by atoms with Crippen molar-refractivity contribution in [3.05, 3.63) is 26.9 Å². The Bertz CT molecular complexity index is 202. The van der Waals surface area contributed by atoms with Crippen molar-refractivity contribution in [1.29, 1.82) is 0 Å². The van der Waals surface area contributed by atoms with Gasteiger partial charge in [0.15, 0.2) is 0 Å². The number of pyridine rings is 1. The second kappa shape index (κ2) is 2.80. The van der Waals surface area contributed by atoms with Crippen LogP contribution in [0.3, 0.4) is 0 Å². The summed E-state index contributed by atoms with van der Waals surface area (Å²) in [5.41, 5.74) is 1.14. The second-order valence-corrected chi connectivity index (χ2v) is 3.40. The normalized spacial score (nSPS) is 9.67. The summed E-state index contributed by atoms with van der Waals surface area (Å²) in [5, 5.41) is 0. The van der Waals surface area contributed by atoms with Crippen LogP contribution in [0.2, 0.25) is 0 Å². The van der Waals surface area contributed by atoms with E-state index in [-0.39, 0.29) is 0 Å². The first kappa shape index (κ1) is 7.22. The third-order valence-electron chi connectivity index (χ3n) is 1.01. The summed E-state index contributed by atoms with van der Waals surface area (Å²) in [6, 6.07) is 0. The van der Waals surface area contributed by atoms with Gasteiger partial charge in [-0.1, -0.05) is 0 Å². The lowest BCUT2D eigenvalue weighted by atomic mass is 10.3. The molecule has 0 unspecified atom stereocenters. The van der Waals surface area contributed by atoms with Crippen molar-refractivity contribution in [1.82, 2.24) is 4.98 Å². The van der Waals surface area contributed by atoms with Crippen LogP contribution in [0.15, 0.2) is 21.3 Å². The van der Waals surface area contributed by atoms with Crippen LogP contribution < -0.4 is 0 Å². The Hall–Kier alpha value is 0.110. The number of hydrogen-bond acceptors (Lipinski definition) is 1. The van der Waals surface area contributed by atoms with E-state index in [4.69, 9.17) is 0 Å². The number of aryl methyl sites for hydroxylation is 1. The number of halogens is 2. The highest BCUT2D eigenvalue weighted by molar-refractivity contribution is 9.13. The summed E-state index contributed by atoms with van der Waals surface area (Å²) in [6.45, 7) is 2.00. The SMILES string of the molecule is Cc1cncc(Br)c1Br. The van der Waals surface area contributed by atoms with Gasteiger partial charge in [0.2, 0.25) is 0 Å². The molecular weight excluding hydrogens is 246 g/mol. The van der Waals surface area contributed by atoms with Gasteiger partial charge in [0, 0.05) is 16.9 Å². The van der Waals surface area contributed by atoms with E-state index in [2.05, 4.69) is 36.8 Å². The molecule has 0 spiro atoms. The Kier molecular flexibility index (Phi) is 2.24. The van der Waals surface area contributed by atoms with E-state index in [9.17, 15) is 0 Å². The topological polar surface area (TPSA) is 12.9 Å². The standard InChI is InChI=1S/C6H5Br2N/c1-4-2-9-3-5(7)6(4)8/h2-3H,1H3. The van der Waals surface area contributed by atoms with Gasteiger partial charge in [-0.25, -0.2) is 0 Å². The van der Waals surface area contributed by atoms with E-state index in [1.54, 1.807) is 6.20 Å². The van der Waals surface area contributed by atoms with Crippen molar-refractivity contribution in [3.63, 3.8) is 0 Å². The predicted molar refractivity (Wildman–Crippen MR) is 44.4 cm³/mol. The lowest BCUT2D eigenvalue weighted by Crippen LogP contribution is -1.78. The lowest BCUT2D eigenvalue weighted by molar-refractivity contribution is 1.23. The Morgan fingerprint density at radius 3 is 2.44 bits per heavy atom. The van der Waals surface area contributed by atoms with Crippen LogP contribution in [0.25, 0.3) is 0 Å². The van der Waals surface area contributed by atoms with Gasteiger partial charge >= 0.3 is 0 Å². The van der Waals surface area contributed by atoms with Crippen LogP contribution in [0.4, 0.5) is 0 Å². The Morgan fingerprint density at radius 1 is 1.33 bits per heavy atom. The first-order valence-corrected chi connectivity index (χ1v) is 4.06. The summed E-state index contributed by atoms with van der Waals surface area (Å²) < 4.78 is 2.08. The second-order valence-electron chi connectivity index (χ2n) is 1.75. The van der Waals surface area contributed by atoms with Gasteiger partial charge in [0.1, 0.15) is 0 Å². The highest BCUT2D eigenvalue weighted by Crippen LogP contribution is 2.24. The predicted octanol–water partition coefficient (Wildman–Crippen LogP) is 2.92. The third kappa shape index (κ3) is 1.52. The fourth-order valence-corrected chi connectivity index (χ4v) is 1.15. The minimum Gasteiger partial charge on any atom is -0.263 e. The molecule has 0 aliphatic rings. The summed E-state index contributed by atoms with van der Waals surface area (Å²) in [6.07, 6.45) is 3.58. The maximum Gasteiger partial charge on any atom is 0.0503 e. The molecule has 1 heterocycles. The van der Waals surface area contributed by atoms with Gasteiger partial charge in [-0.05, 0) is 44.3 Å². The highest BCUT2D eigenvalue weighted by atomic mass is 79.9. The maximum absolute atomic E-state index is 3.97. The summed E-state index contributed by atoms with van der Waals surface area (Å²) >= 11 is 6.73. The molecule has 9 heavy (non-hydrogen) atoms. The van der Waals surface area contributed by atoms with E-state index in [0.717, 1.165) is 14.5 Å². The van der Waals surface area contributed by atoms with E-state index in [1.165, 1.54) is 0 Å². The van der Waals surface area contributed by atoms with Crippen molar-refractivity contribution in [2.24, 2.45) is 0 Å². The van der Waals surface area contributed by atoms with Crippen LogP contribution in [-0.2, 0) is 0 Å². The number of aromatic nitrogens is 1. The van der Waals surface area contributed by atoms with Crippen LogP contribution in [0.5, 0.6) is 0 Å². The maximum atomic E-state index is 3.97. The zero-order chi connectivity index (χ0) is 6.85. The summed E-state index contributed by atoms with van der Waals surface area (Å²) in [4.78, 5) is 3.97. The molecule has 48 valence electrons. The smallest absolute Gasteiger partial charge is 0.0503 e. The van der Waals surface area contributed by atoms with Crippen LogP contribution in [-0.4, -0.2) is 4.98 Å². The molecule has 0 amide bonds. The fourth-order valence-electron chi connectivity index (χ4n) is 0.516. The molecule has 0 aliphatic carbocycles. The third-order valence-corrected chi connectivity index (χ3v) is 3.20. The van der Waals surface area contributed by atoms with Gasteiger partial charge in [-0.2, -0.15) is 0 Å². The number of rotatable bonds is 0. The molecule has 1 aromatic rings. The Labute approximate surface area is 70.8 Å². The summed E-state index contributed by atoms with van der Waals surface area (Å²) in [7, 11) is 0. The molecule has 1 nitrogen and oxygen atoms in total. The van der Waals surface area contributed by atoms with Crippen molar-refractivity contribution in [3.8, 4) is 0 Å². The molecule has 0 atom stereocenters. The van der Waals surface area contributed by atoms with E-state index in [1.807, 2.05) is 13.1 Å². The molecule has 0 bridgehead atoms. The van der Waals surface area contributed by atoms with Crippen LogP contribution in [0.1, 0.15) is 5.56 Å². The fraction of sp³-hybridized carbons (Fsp3) is 0.167. The molecule has 3 heteroatoms. The first-order valence-electron chi connectivity index (χ1n) is 2.47. The van der Waals surface area contributed by atoms with E-state index in [0.29, 0.717) is 0 Å². The molecule has 0 fully saturated rings. The molecule has 0 aliphatic heterocycles. The molecule has 0 radical (unpaired) electrons. The quantitative estimate of drug-likeness (QED) is 0.690. The minimum atomic E-state index is 1.00. The molecular formula is C6H5Br2N. The molecule has 1 aromatic heterocycles. The van der Waals surface area contributed by atoms with Gasteiger partial charge in [0.05, 0.1) is 4.47 Å². The highest BCUT2D eigenvalue weighted by Gasteiger charge is 1.96. The zero-order valence-electron chi connectivity index (χ0n) is 4.86. The summed E-state index contributed by atoms with van der Waals surface area (Å²) in [5.74, 6) is 0. The van der Waals surface area contributed by atoms with Gasteiger partial charge in [-0.15, -0.1) is 0 Å². The first-order chi connectivity index (χ1) is 4.22. The van der Waals surface area contributed by atoms with E-state index < -0.39 is 0 Å². The average molecular weight is 251 g/mol. The van der Waals surface area contributed by atoms with Crippen molar-refractivity contribution in [2.75, 3.05) is 0 Å². The van der Waals surface area contributed by atoms with E-state index >= 15 is 0 Å². The zero-order valence-corrected chi connectivity index (χ0v) is 8.03.